The number of methoxy groups -OCH3 is 2. The molecule has 4 aromatic rings. The van der Waals surface area contributed by atoms with Crippen molar-refractivity contribution in [2.24, 2.45) is 0 Å². The zero-order chi connectivity index (χ0) is 23.5. The van der Waals surface area contributed by atoms with Crippen molar-refractivity contribution in [2.45, 2.75) is 40.5 Å². The molecule has 4 rings (SSSR count). The van der Waals surface area contributed by atoms with Crippen LogP contribution in [0.15, 0.2) is 30.3 Å². The molecule has 8 nitrogen and oxygen atoms in total. The molecule has 1 aromatic carbocycles. The molecule has 0 saturated carbocycles. The van der Waals surface area contributed by atoms with Crippen molar-refractivity contribution in [1.82, 2.24) is 25.1 Å². The van der Waals surface area contributed by atoms with Crippen LogP contribution in [-0.4, -0.2) is 39.9 Å². The van der Waals surface area contributed by atoms with E-state index in [1.807, 2.05) is 43.7 Å². The first-order chi connectivity index (χ1) is 15.9. The number of aromatic nitrogens is 4. The van der Waals surface area contributed by atoms with Crippen LogP contribution in [0.4, 0.5) is 0 Å². The molecular weight excluding hydrogens is 438 g/mol. The lowest BCUT2D eigenvalue weighted by Gasteiger charge is -2.07. The van der Waals surface area contributed by atoms with Gasteiger partial charge in [-0.05, 0) is 31.9 Å². The first-order valence-electron chi connectivity index (χ1n) is 10.6. The molecule has 0 aliphatic rings. The van der Waals surface area contributed by atoms with E-state index in [9.17, 15) is 4.79 Å². The summed E-state index contributed by atoms with van der Waals surface area (Å²) in [5.74, 6) is 0.821. The minimum atomic E-state index is -0.152. The van der Waals surface area contributed by atoms with Crippen LogP contribution in [0, 0.1) is 20.8 Å². The lowest BCUT2D eigenvalue weighted by molar-refractivity contribution is 0.0954. The lowest BCUT2D eigenvalue weighted by Crippen LogP contribution is -2.23. The van der Waals surface area contributed by atoms with Crippen LogP contribution in [0.5, 0.6) is 5.88 Å². The van der Waals surface area contributed by atoms with Gasteiger partial charge in [0, 0.05) is 24.9 Å². The Morgan fingerprint density at radius 1 is 1.12 bits per heavy atom. The van der Waals surface area contributed by atoms with Crippen LogP contribution in [0.1, 0.15) is 43.6 Å². The van der Waals surface area contributed by atoms with Gasteiger partial charge in [-0.25, -0.2) is 4.98 Å². The monoisotopic (exact) mass is 465 g/mol. The average Bonchev–Trinajstić information content (AvgIpc) is 3.28. The average molecular weight is 466 g/mol. The molecule has 3 heterocycles. The lowest BCUT2D eigenvalue weighted by atomic mass is 10.1. The highest BCUT2D eigenvalue weighted by Crippen LogP contribution is 2.35. The summed E-state index contributed by atoms with van der Waals surface area (Å²) in [7, 11) is 3.15. The number of carbonyl (C=O) groups is 1. The number of carbonyl (C=O) groups excluding carboxylic acids is 1. The molecule has 0 bridgehead atoms. The van der Waals surface area contributed by atoms with E-state index in [1.54, 1.807) is 14.2 Å². The Bertz CT molecular complexity index is 1300. The number of hydrogen-bond donors (Lipinski definition) is 1. The fourth-order valence-corrected chi connectivity index (χ4v) is 4.96. The van der Waals surface area contributed by atoms with Crippen LogP contribution in [0.25, 0.3) is 10.2 Å². The number of rotatable bonds is 8. The molecule has 1 N–H and O–H groups in total. The molecule has 1 amide bonds. The molecule has 0 unspecified atom stereocenters. The number of ether oxygens (including phenoxy) is 2. The molecule has 33 heavy (non-hydrogen) atoms. The van der Waals surface area contributed by atoms with E-state index in [0.717, 1.165) is 27.9 Å². The number of aryl methyl sites for hydroxylation is 2. The van der Waals surface area contributed by atoms with Gasteiger partial charge in [0.25, 0.3) is 5.91 Å². The standard InChI is InChI=1S/C24H27N5O3S/c1-14-20-23(32-5)26-19(13-31-4)27-24(20)33-21(14)22(30)25-11-18-15(2)28-29(16(18)3)12-17-9-7-6-8-10-17/h6-10H,11-13H2,1-5H3,(H,25,30). The SMILES string of the molecule is COCc1nc(OC)c2c(C)c(C(=O)NCc3c(C)nn(Cc4ccccc4)c3C)sc2n1. The van der Waals surface area contributed by atoms with E-state index in [1.165, 1.54) is 16.9 Å². The molecule has 0 atom stereocenters. The molecular formula is C24H27N5O3S. The van der Waals surface area contributed by atoms with Crippen molar-refractivity contribution in [3.63, 3.8) is 0 Å². The predicted octanol–water partition coefficient (Wildman–Crippen LogP) is 3.95. The Kier molecular flexibility index (Phi) is 6.71. The number of nitrogens with zero attached hydrogens (tertiary/aromatic N) is 4. The third kappa shape index (κ3) is 4.60. The second-order valence-electron chi connectivity index (χ2n) is 7.79. The maximum absolute atomic E-state index is 13.1. The second kappa shape index (κ2) is 9.68. The van der Waals surface area contributed by atoms with Gasteiger partial charge in [0.1, 0.15) is 11.4 Å². The summed E-state index contributed by atoms with van der Waals surface area (Å²) in [5.41, 5.74) is 4.97. The van der Waals surface area contributed by atoms with Crippen molar-refractivity contribution in [2.75, 3.05) is 14.2 Å². The number of thiophene rings is 1. The van der Waals surface area contributed by atoms with Crippen molar-refractivity contribution in [1.29, 1.82) is 0 Å². The molecule has 0 radical (unpaired) electrons. The maximum Gasteiger partial charge on any atom is 0.261 e. The van der Waals surface area contributed by atoms with E-state index < -0.39 is 0 Å². The molecule has 9 heteroatoms. The van der Waals surface area contributed by atoms with E-state index >= 15 is 0 Å². The van der Waals surface area contributed by atoms with Crippen LogP contribution < -0.4 is 10.1 Å². The summed E-state index contributed by atoms with van der Waals surface area (Å²) < 4.78 is 12.6. The number of fused-ring (bicyclic) bond motifs is 1. The summed E-state index contributed by atoms with van der Waals surface area (Å²) in [5, 5.41) is 8.50. The molecule has 0 aliphatic heterocycles. The summed E-state index contributed by atoms with van der Waals surface area (Å²) in [6.45, 7) is 7.27. The Labute approximate surface area is 196 Å². The van der Waals surface area contributed by atoms with E-state index in [2.05, 4.69) is 32.5 Å². The van der Waals surface area contributed by atoms with E-state index in [0.29, 0.717) is 34.5 Å². The van der Waals surface area contributed by atoms with Crippen molar-refractivity contribution >= 4 is 27.5 Å². The smallest absolute Gasteiger partial charge is 0.261 e. The van der Waals surface area contributed by atoms with Crippen molar-refractivity contribution in [3.05, 3.63) is 69.1 Å². The van der Waals surface area contributed by atoms with Gasteiger partial charge in [0.2, 0.25) is 5.88 Å². The summed E-state index contributed by atoms with van der Waals surface area (Å²) in [6.07, 6.45) is 0. The first-order valence-corrected chi connectivity index (χ1v) is 11.4. The summed E-state index contributed by atoms with van der Waals surface area (Å²) >= 11 is 1.33. The third-order valence-corrected chi connectivity index (χ3v) is 6.79. The molecule has 0 fully saturated rings. The Balaban J connectivity index is 1.55. The van der Waals surface area contributed by atoms with Crippen LogP contribution in [-0.2, 0) is 24.4 Å². The largest absolute Gasteiger partial charge is 0.480 e. The highest BCUT2D eigenvalue weighted by Gasteiger charge is 2.22. The number of nitrogens with one attached hydrogen (secondary N) is 1. The number of benzene rings is 1. The van der Waals surface area contributed by atoms with Gasteiger partial charge in [0.05, 0.1) is 29.6 Å². The maximum atomic E-state index is 13.1. The normalized spacial score (nSPS) is 11.2. The van der Waals surface area contributed by atoms with Gasteiger partial charge < -0.3 is 14.8 Å². The van der Waals surface area contributed by atoms with Crippen LogP contribution in [0.3, 0.4) is 0 Å². The fourth-order valence-electron chi connectivity index (χ4n) is 3.85. The van der Waals surface area contributed by atoms with Gasteiger partial charge in [-0.3, -0.25) is 9.48 Å². The zero-order valence-corrected chi connectivity index (χ0v) is 20.2. The highest BCUT2D eigenvalue weighted by atomic mass is 32.1. The number of hydrogen-bond acceptors (Lipinski definition) is 7. The Morgan fingerprint density at radius 3 is 2.58 bits per heavy atom. The zero-order valence-electron chi connectivity index (χ0n) is 19.4. The van der Waals surface area contributed by atoms with Crippen LogP contribution in [0.2, 0.25) is 0 Å². The third-order valence-electron chi connectivity index (χ3n) is 5.61. The van der Waals surface area contributed by atoms with Crippen molar-refractivity contribution in [3.8, 4) is 5.88 Å². The summed E-state index contributed by atoms with van der Waals surface area (Å²) in [4.78, 5) is 23.3. The molecule has 172 valence electrons. The topological polar surface area (TPSA) is 91.2 Å². The molecule has 3 aromatic heterocycles. The first kappa shape index (κ1) is 22.9. The Hall–Kier alpha value is -3.30. The molecule has 0 spiro atoms. The Morgan fingerprint density at radius 2 is 1.88 bits per heavy atom. The highest BCUT2D eigenvalue weighted by molar-refractivity contribution is 7.20. The fraction of sp³-hybridized carbons (Fsp3) is 0.333. The van der Waals surface area contributed by atoms with Gasteiger partial charge in [-0.1, -0.05) is 30.3 Å². The van der Waals surface area contributed by atoms with E-state index in [-0.39, 0.29) is 12.5 Å². The quantitative estimate of drug-likeness (QED) is 0.424. The number of amides is 1. The van der Waals surface area contributed by atoms with Crippen LogP contribution >= 0.6 is 11.3 Å². The van der Waals surface area contributed by atoms with Gasteiger partial charge in [0.15, 0.2) is 5.82 Å². The second-order valence-corrected chi connectivity index (χ2v) is 8.79. The molecule has 0 saturated heterocycles. The van der Waals surface area contributed by atoms with Gasteiger partial charge >= 0.3 is 0 Å². The van der Waals surface area contributed by atoms with Gasteiger partial charge in [-0.2, -0.15) is 10.1 Å². The summed E-state index contributed by atoms with van der Waals surface area (Å²) in [6, 6.07) is 10.2. The van der Waals surface area contributed by atoms with Gasteiger partial charge in [-0.15, -0.1) is 11.3 Å². The molecule has 0 aliphatic carbocycles. The minimum Gasteiger partial charge on any atom is -0.480 e. The van der Waals surface area contributed by atoms with Crippen molar-refractivity contribution < 1.29 is 14.3 Å². The minimum absolute atomic E-state index is 0.152. The predicted molar refractivity (Wildman–Crippen MR) is 128 cm³/mol. The van der Waals surface area contributed by atoms with E-state index in [4.69, 9.17) is 9.47 Å².